The Labute approximate surface area is 88.5 Å². The van der Waals surface area contributed by atoms with Gasteiger partial charge in [0.25, 0.3) is 0 Å². The van der Waals surface area contributed by atoms with Crippen molar-refractivity contribution in [3.8, 4) is 0 Å². The molecule has 5 heteroatoms. The van der Waals surface area contributed by atoms with E-state index in [0.29, 0.717) is 0 Å². The number of hydrogen-bond donors (Lipinski definition) is 2. The first kappa shape index (κ1) is 11.0. The number of thiazole rings is 1. The molecule has 0 aliphatic carbocycles. The monoisotopic (exact) mass is 212 g/mol. The number of rotatable bonds is 3. The molecule has 0 amide bonds. The number of nitrogens with zero attached hydrogens (tertiary/aromatic N) is 2. The summed E-state index contributed by atoms with van der Waals surface area (Å²) in [7, 11) is 1.76. The van der Waals surface area contributed by atoms with Crippen LogP contribution in [0.4, 0.5) is 0 Å². The Kier molecular flexibility index (Phi) is 4.39. The highest BCUT2D eigenvalue weighted by Gasteiger charge is 1.99. The van der Waals surface area contributed by atoms with Gasteiger partial charge in [-0.2, -0.15) is 0 Å². The van der Waals surface area contributed by atoms with Gasteiger partial charge < -0.3 is 10.6 Å². The molecular weight excluding hydrogens is 196 g/mol. The van der Waals surface area contributed by atoms with E-state index in [1.54, 1.807) is 18.4 Å². The van der Waals surface area contributed by atoms with Gasteiger partial charge in [-0.25, -0.2) is 4.98 Å². The van der Waals surface area contributed by atoms with E-state index in [-0.39, 0.29) is 0 Å². The van der Waals surface area contributed by atoms with Gasteiger partial charge in [-0.15, -0.1) is 11.3 Å². The van der Waals surface area contributed by atoms with E-state index >= 15 is 0 Å². The minimum atomic E-state index is 0.734. The molecule has 0 bridgehead atoms. The maximum atomic E-state index is 4.26. The Bertz CT molecular complexity index is 306. The van der Waals surface area contributed by atoms with Crippen molar-refractivity contribution in [3.63, 3.8) is 0 Å². The molecule has 0 saturated heterocycles. The Balaban J connectivity index is 2.39. The van der Waals surface area contributed by atoms with E-state index in [4.69, 9.17) is 0 Å². The number of guanidine groups is 1. The summed E-state index contributed by atoms with van der Waals surface area (Å²) in [6.45, 7) is 5.70. The van der Waals surface area contributed by atoms with Gasteiger partial charge in [0.2, 0.25) is 0 Å². The van der Waals surface area contributed by atoms with Crippen molar-refractivity contribution in [2.24, 2.45) is 4.99 Å². The van der Waals surface area contributed by atoms with Crippen molar-refractivity contribution < 1.29 is 0 Å². The fourth-order valence-electron chi connectivity index (χ4n) is 1.03. The summed E-state index contributed by atoms with van der Waals surface area (Å²) in [5.41, 5.74) is 0. The molecule has 14 heavy (non-hydrogen) atoms. The third-order valence-electron chi connectivity index (χ3n) is 1.64. The molecule has 0 aromatic carbocycles. The van der Waals surface area contributed by atoms with Crippen LogP contribution in [-0.2, 0) is 6.54 Å². The first-order chi connectivity index (χ1) is 6.76. The van der Waals surface area contributed by atoms with Crippen LogP contribution in [0.3, 0.4) is 0 Å². The SMILES string of the molecule is CCNC(=NC)NCc1ncc(C)s1. The van der Waals surface area contributed by atoms with Gasteiger partial charge in [-0.3, -0.25) is 4.99 Å². The lowest BCUT2D eigenvalue weighted by Gasteiger charge is -2.07. The molecule has 1 rings (SSSR count). The van der Waals surface area contributed by atoms with Crippen LogP contribution < -0.4 is 10.6 Å². The maximum absolute atomic E-state index is 4.26. The highest BCUT2D eigenvalue weighted by Crippen LogP contribution is 2.10. The molecule has 1 heterocycles. The lowest BCUT2D eigenvalue weighted by atomic mass is 10.6. The zero-order valence-electron chi connectivity index (χ0n) is 8.79. The van der Waals surface area contributed by atoms with E-state index in [1.165, 1.54) is 4.88 Å². The third kappa shape index (κ3) is 3.33. The van der Waals surface area contributed by atoms with Crippen molar-refractivity contribution in [1.29, 1.82) is 0 Å². The van der Waals surface area contributed by atoms with Crippen LogP contribution in [-0.4, -0.2) is 24.5 Å². The van der Waals surface area contributed by atoms with E-state index in [0.717, 1.165) is 24.1 Å². The quantitative estimate of drug-likeness (QED) is 0.583. The van der Waals surface area contributed by atoms with Crippen LogP contribution in [0.25, 0.3) is 0 Å². The highest BCUT2D eigenvalue weighted by molar-refractivity contribution is 7.11. The summed E-state index contributed by atoms with van der Waals surface area (Å²) >= 11 is 1.70. The molecule has 2 N–H and O–H groups in total. The van der Waals surface area contributed by atoms with Gasteiger partial charge in [0.15, 0.2) is 5.96 Å². The van der Waals surface area contributed by atoms with E-state index in [9.17, 15) is 0 Å². The lowest BCUT2D eigenvalue weighted by Crippen LogP contribution is -2.36. The van der Waals surface area contributed by atoms with Gasteiger partial charge in [0.1, 0.15) is 5.01 Å². The molecule has 0 saturated carbocycles. The molecule has 0 atom stereocenters. The van der Waals surface area contributed by atoms with Crippen LogP contribution in [0.1, 0.15) is 16.8 Å². The van der Waals surface area contributed by atoms with Gasteiger partial charge in [0, 0.05) is 24.7 Å². The molecule has 1 aromatic heterocycles. The largest absolute Gasteiger partial charge is 0.357 e. The molecule has 0 aliphatic heterocycles. The molecule has 0 fully saturated rings. The summed E-state index contributed by atoms with van der Waals surface area (Å²) in [5.74, 6) is 0.820. The summed E-state index contributed by atoms with van der Waals surface area (Å²) in [6, 6.07) is 0. The lowest BCUT2D eigenvalue weighted by molar-refractivity contribution is 0.824. The number of aryl methyl sites for hydroxylation is 1. The van der Waals surface area contributed by atoms with Gasteiger partial charge in [-0.05, 0) is 13.8 Å². The van der Waals surface area contributed by atoms with E-state index in [2.05, 4.69) is 27.5 Å². The van der Waals surface area contributed by atoms with Gasteiger partial charge in [-0.1, -0.05) is 0 Å². The topological polar surface area (TPSA) is 49.3 Å². The summed E-state index contributed by atoms with van der Waals surface area (Å²) in [5, 5.41) is 7.40. The Morgan fingerprint density at radius 3 is 2.86 bits per heavy atom. The van der Waals surface area contributed by atoms with Crippen molar-refractivity contribution in [2.45, 2.75) is 20.4 Å². The second-order valence-electron chi connectivity index (χ2n) is 2.82. The first-order valence-electron chi connectivity index (χ1n) is 4.62. The molecule has 0 aliphatic rings. The number of aromatic nitrogens is 1. The molecule has 78 valence electrons. The highest BCUT2D eigenvalue weighted by atomic mass is 32.1. The van der Waals surface area contributed by atoms with Crippen LogP contribution >= 0.6 is 11.3 Å². The third-order valence-corrected chi connectivity index (χ3v) is 2.56. The van der Waals surface area contributed by atoms with Gasteiger partial charge in [0.05, 0.1) is 6.54 Å². The fourth-order valence-corrected chi connectivity index (χ4v) is 1.76. The second-order valence-corrected chi connectivity index (χ2v) is 4.14. The van der Waals surface area contributed by atoms with Crippen LogP contribution in [0.5, 0.6) is 0 Å². The number of nitrogens with one attached hydrogen (secondary N) is 2. The van der Waals surface area contributed by atoms with Gasteiger partial charge >= 0.3 is 0 Å². The predicted octanol–water partition coefficient (Wildman–Crippen LogP) is 1.14. The molecule has 1 aromatic rings. The maximum Gasteiger partial charge on any atom is 0.191 e. The van der Waals surface area contributed by atoms with Crippen LogP contribution in [0.15, 0.2) is 11.2 Å². The molecular formula is C9H16N4S. The summed E-state index contributed by atoms with van der Waals surface area (Å²) in [6.07, 6.45) is 1.89. The van der Waals surface area contributed by atoms with E-state index < -0.39 is 0 Å². The van der Waals surface area contributed by atoms with E-state index in [1.807, 2.05) is 13.1 Å². The Morgan fingerprint density at radius 2 is 2.36 bits per heavy atom. The summed E-state index contributed by atoms with van der Waals surface area (Å²) in [4.78, 5) is 9.56. The fraction of sp³-hybridized carbons (Fsp3) is 0.556. The van der Waals surface area contributed by atoms with Crippen molar-refractivity contribution >= 4 is 17.3 Å². The minimum Gasteiger partial charge on any atom is -0.357 e. The second kappa shape index (κ2) is 5.59. The van der Waals surface area contributed by atoms with Crippen molar-refractivity contribution in [2.75, 3.05) is 13.6 Å². The summed E-state index contributed by atoms with van der Waals surface area (Å²) < 4.78 is 0. The zero-order chi connectivity index (χ0) is 10.4. The number of hydrogen-bond acceptors (Lipinski definition) is 3. The van der Waals surface area contributed by atoms with Crippen molar-refractivity contribution in [1.82, 2.24) is 15.6 Å². The number of aliphatic imine (C=N–C) groups is 1. The minimum absolute atomic E-state index is 0.734. The normalized spacial score (nSPS) is 11.5. The molecule has 4 nitrogen and oxygen atoms in total. The molecule has 0 unspecified atom stereocenters. The molecule has 0 radical (unpaired) electrons. The average molecular weight is 212 g/mol. The molecule has 0 spiro atoms. The zero-order valence-corrected chi connectivity index (χ0v) is 9.61. The Hall–Kier alpha value is -1.10. The van der Waals surface area contributed by atoms with Crippen molar-refractivity contribution in [3.05, 3.63) is 16.1 Å². The Morgan fingerprint density at radius 1 is 1.57 bits per heavy atom. The smallest absolute Gasteiger partial charge is 0.191 e. The average Bonchev–Trinajstić information content (AvgIpc) is 2.59. The van der Waals surface area contributed by atoms with Crippen LogP contribution in [0, 0.1) is 6.92 Å². The first-order valence-corrected chi connectivity index (χ1v) is 5.43. The standard InChI is InChI=1S/C9H16N4S/c1-4-11-9(10-3)13-6-8-12-5-7(2)14-8/h5H,4,6H2,1-3H3,(H2,10,11,13). The predicted molar refractivity (Wildman–Crippen MR) is 60.7 cm³/mol. The van der Waals surface area contributed by atoms with Crippen LogP contribution in [0.2, 0.25) is 0 Å².